The maximum Gasteiger partial charge on any atom is 0.258 e. The number of ether oxygens (including phenoxy) is 1. The topological polar surface area (TPSA) is 46.6 Å². The third-order valence-electron chi connectivity index (χ3n) is 3.64. The standard InChI is InChI=1S/C17H15NO3/c1-21-13-8-6-12(7-9-13)17(20)18-11-10-16(19)14-4-2-3-5-15(14)18/h2-9H,10-11H2,1H3. The minimum absolute atomic E-state index is 0.0874. The lowest BCUT2D eigenvalue weighted by Gasteiger charge is -2.28. The summed E-state index contributed by atoms with van der Waals surface area (Å²) in [5.41, 5.74) is 1.89. The van der Waals surface area contributed by atoms with Crippen molar-refractivity contribution in [3.63, 3.8) is 0 Å². The van der Waals surface area contributed by atoms with Crippen molar-refractivity contribution in [2.24, 2.45) is 0 Å². The number of ketones is 1. The van der Waals surface area contributed by atoms with Crippen molar-refractivity contribution in [1.82, 2.24) is 0 Å². The molecule has 0 atom stereocenters. The molecule has 0 radical (unpaired) electrons. The molecule has 1 amide bonds. The van der Waals surface area contributed by atoms with Gasteiger partial charge in [-0.2, -0.15) is 0 Å². The molecule has 0 spiro atoms. The first-order valence-corrected chi connectivity index (χ1v) is 6.79. The highest BCUT2D eigenvalue weighted by Crippen LogP contribution is 2.28. The summed E-state index contributed by atoms with van der Waals surface area (Å²) in [6.07, 6.45) is 0.360. The van der Waals surface area contributed by atoms with Crippen LogP contribution in [0.5, 0.6) is 5.75 Å². The van der Waals surface area contributed by atoms with Crippen LogP contribution in [0.2, 0.25) is 0 Å². The number of fused-ring (bicyclic) bond motifs is 1. The number of carbonyl (C=O) groups excluding carboxylic acids is 2. The van der Waals surface area contributed by atoms with E-state index < -0.39 is 0 Å². The van der Waals surface area contributed by atoms with Crippen molar-refractivity contribution in [1.29, 1.82) is 0 Å². The van der Waals surface area contributed by atoms with Crippen molar-refractivity contribution in [3.05, 3.63) is 59.7 Å². The van der Waals surface area contributed by atoms with Gasteiger partial charge < -0.3 is 9.64 Å². The van der Waals surface area contributed by atoms with Crippen molar-refractivity contribution in [2.75, 3.05) is 18.6 Å². The van der Waals surface area contributed by atoms with Crippen molar-refractivity contribution >= 4 is 17.4 Å². The van der Waals surface area contributed by atoms with E-state index in [2.05, 4.69) is 0 Å². The molecule has 2 aromatic carbocycles. The van der Waals surface area contributed by atoms with E-state index in [0.717, 1.165) is 0 Å². The minimum atomic E-state index is -0.0994. The van der Waals surface area contributed by atoms with Crippen LogP contribution in [-0.2, 0) is 0 Å². The summed E-state index contributed by atoms with van der Waals surface area (Å²) >= 11 is 0. The molecule has 0 aliphatic carbocycles. The lowest BCUT2D eigenvalue weighted by atomic mass is 9.99. The maximum absolute atomic E-state index is 12.6. The highest BCUT2D eigenvalue weighted by molar-refractivity contribution is 6.13. The average Bonchev–Trinajstić information content (AvgIpc) is 2.55. The molecule has 2 aromatic rings. The summed E-state index contributed by atoms with van der Waals surface area (Å²) in [6, 6.07) is 14.2. The number of hydrogen-bond donors (Lipinski definition) is 0. The first kappa shape index (κ1) is 13.4. The summed E-state index contributed by atoms with van der Waals surface area (Å²) in [4.78, 5) is 26.2. The van der Waals surface area contributed by atoms with Crippen LogP contribution in [0.15, 0.2) is 48.5 Å². The van der Waals surface area contributed by atoms with Gasteiger partial charge >= 0.3 is 0 Å². The lowest BCUT2D eigenvalue weighted by molar-refractivity contribution is 0.0955. The highest BCUT2D eigenvalue weighted by Gasteiger charge is 2.27. The fourth-order valence-electron chi connectivity index (χ4n) is 2.51. The molecule has 0 saturated carbocycles. The predicted molar refractivity (Wildman–Crippen MR) is 80.1 cm³/mol. The first-order chi connectivity index (χ1) is 10.2. The van der Waals surface area contributed by atoms with E-state index in [1.165, 1.54) is 0 Å². The second kappa shape index (κ2) is 5.40. The molecule has 1 aliphatic rings. The third-order valence-corrected chi connectivity index (χ3v) is 3.64. The molecule has 4 heteroatoms. The zero-order valence-corrected chi connectivity index (χ0v) is 11.7. The summed E-state index contributed by atoms with van der Waals surface area (Å²) in [5.74, 6) is 0.697. The van der Waals surface area contributed by atoms with Crippen LogP contribution in [-0.4, -0.2) is 25.3 Å². The smallest absolute Gasteiger partial charge is 0.258 e. The zero-order chi connectivity index (χ0) is 14.8. The number of para-hydroxylation sites is 1. The van der Waals surface area contributed by atoms with Crippen LogP contribution in [0.1, 0.15) is 27.1 Å². The lowest BCUT2D eigenvalue weighted by Crippen LogP contribution is -2.37. The molecule has 1 heterocycles. The molecule has 0 saturated heterocycles. The summed E-state index contributed by atoms with van der Waals surface area (Å²) in [6.45, 7) is 0.417. The molecule has 21 heavy (non-hydrogen) atoms. The second-order valence-electron chi connectivity index (χ2n) is 4.88. The van der Waals surface area contributed by atoms with Gasteiger partial charge in [-0.15, -0.1) is 0 Å². The number of amides is 1. The molecule has 106 valence electrons. The Morgan fingerprint density at radius 3 is 2.52 bits per heavy atom. The fourth-order valence-corrected chi connectivity index (χ4v) is 2.51. The SMILES string of the molecule is COc1ccc(C(=O)N2CCC(=O)c3ccccc32)cc1. The van der Waals surface area contributed by atoms with Crippen molar-refractivity contribution in [2.45, 2.75) is 6.42 Å². The van der Waals surface area contributed by atoms with E-state index in [0.29, 0.717) is 35.5 Å². The number of carbonyl (C=O) groups is 2. The van der Waals surface area contributed by atoms with Gasteiger partial charge in [0.1, 0.15) is 5.75 Å². The second-order valence-corrected chi connectivity index (χ2v) is 4.88. The van der Waals surface area contributed by atoms with Gasteiger partial charge in [-0.3, -0.25) is 9.59 Å². The number of hydrogen-bond acceptors (Lipinski definition) is 3. The molecule has 0 bridgehead atoms. The molecule has 4 nitrogen and oxygen atoms in total. The van der Waals surface area contributed by atoms with Gasteiger partial charge in [-0.05, 0) is 36.4 Å². The van der Waals surface area contributed by atoms with Crippen LogP contribution in [0.4, 0.5) is 5.69 Å². The van der Waals surface area contributed by atoms with Gasteiger partial charge in [0.05, 0.1) is 12.8 Å². The van der Waals surface area contributed by atoms with Crippen LogP contribution in [0.3, 0.4) is 0 Å². The number of Topliss-reactive ketones (excluding diaryl/α,β-unsaturated/α-hetero) is 1. The molecule has 1 aliphatic heterocycles. The Labute approximate surface area is 123 Å². The van der Waals surface area contributed by atoms with E-state index in [9.17, 15) is 9.59 Å². The first-order valence-electron chi connectivity index (χ1n) is 6.79. The summed E-state index contributed by atoms with van der Waals surface area (Å²) in [5, 5.41) is 0. The van der Waals surface area contributed by atoms with Crippen LogP contribution < -0.4 is 9.64 Å². The van der Waals surface area contributed by atoms with E-state index in [4.69, 9.17) is 4.74 Å². The molecular weight excluding hydrogens is 266 g/mol. The monoisotopic (exact) mass is 281 g/mol. The van der Waals surface area contributed by atoms with Crippen molar-refractivity contribution < 1.29 is 14.3 Å². The molecule has 0 aromatic heterocycles. The highest BCUT2D eigenvalue weighted by atomic mass is 16.5. The zero-order valence-electron chi connectivity index (χ0n) is 11.7. The molecule has 3 rings (SSSR count). The average molecular weight is 281 g/mol. The number of benzene rings is 2. The van der Waals surface area contributed by atoms with Gasteiger partial charge in [0.2, 0.25) is 0 Å². The number of rotatable bonds is 2. The summed E-state index contributed by atoms with van der Waals surface area (Å²) < 4.78 is 5.10. The third kappa shape index (κ3) is 2.40. The largest absolute Gasteiger partial charge is 0.497 e. The number of nitrogens with zero attached hydrogens (tertiary/aromatic N) is 1. The van der Waals surface area contributed by atoms with Gasteiger partial charge in [0.15, 0.2) is 5.78 Å². The molecule has 0 N–H and O–H groups in total. The number of methoxy groups -OCH3 is 1. The normalized spacial score (nSPS) is 13.8. The fraction of sp³-hybridized carbons (Fsp3) is 0.176. The van der Waals surface area contributed by atoms with Gasteiger partial charge in [-0.1, -0.05) is 12.1 Å². The molecular formula is C17H15NO3. The predicted octanol–water partition coefficient (Wildman–Crippen LogP) is 2.93. The Bertz CT molecular complexity index is 691. The Kier molecular flexibility index (Phi) is 3.44. The summed E-state index contributed by atoms with van der Waals surface area (Å²) in [7, 11) is 1.59. The van der Waals surface area contributed by atoms with Gasteiger partial charge in [0, 0.05) is 24.1 Å². The van der Waals surface area contributed by atoms with Gasteiger partial charge in [0.25, 0.3) is 5.91 Å². The molecule has 0 fully saturated rings. The minimum Gasteiger partial charge on any atom is -0.497 e. The van der Waals surface area contributed by atoms with E-state index in [-0.39, 0.29) is 11.7 Å². The number of anilines is 1. The maximum atomic E-state index is 12.6. The Morgan fingerprint density at radius 1 is 1.10 bits per heavy atom. The molecule has 0 unspecified atom stereocenters. The van der Waals surface area contributed by atoms with Crippen LogP contribution >= 0.6 is 0 Å². The van der Waals surface area contributed by atoms with Crippen LogP contribution in [0, 0.1) is 0 Å². The van der Waals surface area contributed by atoms with E-state index in [1.807, 2.05) is 18.2 Å². The quantitative estimate of drug-likeness (QED) is 0.850. The Morgan fingerprint density at radius 2 is 1.81 bits per heavy atom. The Hall–Kier alpha value is -2.62. The van der Waals surface area contributed by atoms with Crippen molar-refractivity contribution in [3.8, 4) is 5.75 Å². The van der Waals surface area contributed by atoms with E-state index >= 15 is 0 Å². The van der Waals surface area contributed by atoms with E-state index in [1.54, 1.807) is 42.3 Å². The van der Waals surface area contributed by atoms with Gasteiger partial charge in [-0.25, -0.2) is 0 Å². The Balaban J connectivity index is 1.95. The van der Waals surface area contributed by atoms with Crippen LogP contribution in [0.25, 0.3) is 0 Å².